The topological polar surface area (TPSA) is 60.5 Å². The molecule has 0 spiro atoms. The molecule has 0 saturated carbocycles. The molecular weight excluding hydrogens is 374 g/mol. The van der Waals surface area contributed by atoms with Gasteiger partial charge in [-0.05, 0) is 54.8 Å². The van der Waals surface area contributed by atoms with E-state index in [0.29, 0.717) is 11.1 Å². The fourth-order valence-corrected chi connectivity index (χ4v) is 3.52. The zero-order valence-corrected chi connectivity index (χ0v) is 15.4. The number of halogens is 1. The number of nitriles is 2. The molecule has 3 nitrogen and oxygen atoms in total. The minimum absolute atomic E-state index is 0.651. The second-order valence-electron chi connectivity index (χ2n) is 5.81. The Morgan fingerprint density at radius 2 is 1.52 bits per heavy atom. The average Bonchev–Trinajstić information content (AvgIpc) is 2.62. The van der Waals surface area contributed by atoms with Gasteiger partial charge in [-0.1, -0.05) is 28.1 Å². The smallest absolute Gasteiger partial charge is 0.0994 e. The van der Waals surface area contributed by atoms with Gasteiger partial charge in [0.05, 0.1) is 23.3 Å². The van der Waals surface area contributed by atoms with Crippen LogP contribution in [0.4, 0.5) is 0 Å². The summed E-state index contributed by atoms with van der Waals surface area (Å²) in [6.45, 7) is 3.87. The maximum absolute atomic E-state index is 9.29. The van der Waals surface area contributed by atoms with Gasteiger partial charge in [0, 0.05) is 33.6 Å². The fraction of sp³-hybridized carbons (Fsp3) is 0.0952. The summed E-state index contributed by atoms with van der Waals surface area (Å²) >= 11 is 3.59. The molecule has 0 aliphatic heterocycles. The van der Waals surface area contributed by atoms with Crippen LogP contribution in [0.3, 0.4) is 0 Å². The molecule has 0 amide bonds. The van der Waals surface area contributed by atoms with Crippen molar-refractivity contribution < 1.29 is 0 Å². The normalized spacial score (nSPS) is 10.1. The standard InChI is InChI=1S/C21H14BrN3/c1-13-7-15(3-4-16(13)9-23)18-8-19(12-25-11-18)21-14(2)17(10-24)5-6-20(21)22/h3-8,11-12H,1-2H3. The maximum atomic E-state index is 9.29. The van der Waals surface area contributed by atoms with Gasteiger partial charge in [-0.3, -0.25) is 4.98 Å². The number of nitrogens with zero attached hydrogens (tertiary/aromatic N) is 3. The third-order valence-corrected chi connectivity index (χ3v) is 4.90. The van der Waals surface area contributed by atoms with Gasteiger partial charge in [-0.25, -0.2) is 0 Å². The molecule has 0 aliphatic rings. The molecule has 1 aromatic heterocycles. The van der Waals surface area contributed by atoms with E-state index < -0.39 is 0 Å². The summed E-state index contributed by atoms with van der Waals surface area (Å²) in [5.74, 6) is 0. The highest BCUT2D eigenvalue weighted by atomic mass is 79.9. The quantitative estimate of drug-likeness (QED) is 0.579. The van der Waals surface area contributed by atoms with Crippen molar-refractivity contribution in [3.63, 3.8) is 0 Å². The summed E-state index contributed by atoms with van der Waals surface area (Å²) in [5, 5.41) is 18.4. The van der Waals surface area contributed by atoms with Crippen LogP contribution in [0.1, 0.15) is 22.3 Å². The van der Waals surface area contributed by atoms with Crippen molar-refractivity contribution >= 4 is 15.9 Å². The number of benzene rings is 2. The number of aromatic nitrogens is 1. The first-order valence-electron chi connectivity index (χ1n) is 7.71. The Balaban J connectivity index is 2.15. The van der Waals surface area contributed by atoms with E-state index in [-0.39, 0.29) is 0 Å². The second kappa shape index (κ2) is 6.89. The average molecular weight is 388 g/mol. The SMILES string of the molecule is Cc1cc(-c2cncc(-c3c(Br)ccc(C#N)c3C)c2)ccc1C#N. The number of hydrogen-bond donors (Lipinski definition) is 0. The largest absolute Gasteiger partial charge is 0.263 e. The van der Waals surface area contributed by atoms with Crippen molar-refractivity contribution in [3.8, 4) is 34.4 Å². The van der Waals surface area contributed by atoms with Crippen LogP contribution >= 0.6 is 15.9 Å². The molecule has 0 saturated heterocycles. The van der Waals surface area contributed by atoms with E-state index >= 15 is 0 Å². The van der Waals surface area contributed by atoms with Gasteiger partial charge in [0.2, 0.25) is 0 Å². The first kappa shape index (κ1) is 16.9. The molecule has 0 atom stereocenters. The molecule has 0 unspecified atom stereocenters. The molecule has 0 bridgehead atoms. The summed E-state index contributed by atoms with van der Waals surface area (Å²) in [6.07, 6.45) is 3.61. The van der Waals surface area contributed by atoms with E-state index in [0.717, 1.165) is 37.9 Å². The first-order valence-corrected chi connectivity index (χ1v) is 8.50. The molecular formula is C21H14BrN3. The summed E-state index contributed by atoms with van der Waals surface area (Å²) in [6, 6.07) is 15.9. The minimum Gasteiger partial charge on any atom is -0.263 e. The molecule has 0 radical (unpaired) electrons. The monoisotopic (exact) mass is 387 g/mol. The van der Waals surface area contributed by atoms with Crippen LogP contribution in [-0.2, 0) is 0 Å². The van der Waals surface area contributed by atoms with Crippen LogP contribution in [0.25, 0.3) is 22.3 Å². The summed E-state index contributed by atoms with van der Waals surface area (Å²) in [4.78, 5) is 4.38. The lowest BCUT2D eigenvalue weighted by Gasteiger charge is -2.12. The molecule has 0 aliphatic carbocycles. The van der Waals surface area contributed by atoms with Gasteiger partial charge >= 0.3 is 0 Å². The van der Waals surface area contributed by atoms with Gasteiger partial charge in [0.1, 0.15) is 0 Å². The van der Waals surface area contributed by atoms with Crippen molar-refractivity contribution in [2.45, 2.75) is 13.8 Å². The first-order chi connectivity index (χ1) is 12.0. The lowest BCUT2D eigenvalue weighted by Crippen LogP contribution is -1.92. The molecule has 0 N–H and O–H groups in total. The molecule has 3 rings (SSSR count). The Hall–Kier alpha value is -2.95. The van der Waals surface area contributed by atoms with Crippen LogP contribution in [0.2, 0.25) is 0 Å². The Labute approximate surface area is 155 Å². The number of hydrogen-bond acceptors (Lipinski definition) is 3. The second-order valence-corrected chi connectivity index (χ2v) is 6.66. The third kappa shape index (κ3) is 3.18. The van der Waals surface area contributed by atoms with Gasteiger partial charge in [-0.15, -0.1) is 0 Å². The Kier molecular flexibility index (Phi) is 4.65. The molecule has 1 heterocycles. The van der Waals surface area contributed by atoms with Gasteiger partial charge < -0.3 is 0 Å². The van der Waals surface area contributed by atoms with Crippen LogP contribution in [0.15, 0.2) is 53.3 Å². The van der Waals surface area contributed by atoms with Gasteiger partial charge in [0.15, 0.2) is 0 Å². The van der Waals surface area contributed by atoms with E-state index in [9.17, 15) is 5.26 Å². The van der Waals surface area contributed by atoms with E-state index in [1.165, 1.54) is 0 Å². The fourth-order valence-electron chi connectivity index (χ4n) is 2.86. The van der Waals surface area contributed by atoms with Crippen LogP contribution in [0, 0.1) is 36.5 Å². The number of rotatable bonds is 2. The highest BCUT2D eigenvalue weighted by Gasteiger charge is 2.12. The van der Waals surface area contributed by atoms with Crippen molar-refractivity contribution in [3.05, 3.63) is 75.5 Å². The molecule has 25 heavy (non-hydrogen) atoms. The number of pyridine rings is 1. The minimum atomic E-state index is 0.651. The highest BCUT2D eigenvalue weighted by Crippen LogP contribution is 2.35. The van der Waals surface area contributed by atoms with Crippen LogP contribution < -0.4 is 0 Å². The lowest BCUT2D eigenvalue weighted by atomic mass is 9.95. The lowest BCUT2D eigenvalue weighted by molar-refractivity contribution is 1.30. The van der Waals surface area contributed by atoms with Crippen molar-refractivity contribution in [1.29, 1.82) is 10.5 Å². The van der Waals surface area contributed by atoms with E-state index in [2.05, 4.69) is 39.1 Å². The number of aryl methyl sites for hydroxylation is 1. The Morgan fingerprint density at radius 1 is 0.840 bits per heavy atom. The zero-order valence-electron chi connectivity index (χ0n) is 13.8. The van der Waals surface area contributed by atoms with Gasteiger partial charge in [-0.2, -0.15) is 10.5 Å². The van der Waals surface area contributed by atoms with E-state index in [4.69, 9.17) is 5.26 Å². The van der Waals surface area contributed by atoms with Crippen molar-refractivity contribution in [2.24, 2.45) is 0 Å². The molecule has 4 heteroatoms. The Morgan fingerprint density at radius 3 is 2.20 bits per heavy atom. The Bertz CT molecular complexity index is 1060. The van der Waals surface area contributed by atoms with E-state index in [1.807, 2.05) is 50.4 Å². The summed E-state index contributed by atoms with van der Waals surface area (Å²) in [7, 11) is 0. The predicted molar refractivity (Wildman–Crippen MR) is 102 cm³/mol. The summed E-state index contributed by atoms with van der Waals surface area (Å²) in [5.41, 5.74) is 7.08. The molecule has 2 aromatic carbocycles. The molecule has 3 aromatic rings. The maximum Gasteiger partial charge on any atom is 0.0994 e. The predicted octanol–water partition coefficient (Wildman–Crippen LogP) is 5.54. The summed E-state index contributed by atoms with van der Waals surface area (Å²) < 4.78 is 0.930. The van der Waals surface area contributed by atoms with Crippen molar-refractivity contribution in [1.82, 2.24) is 4.98 Å². The van der Waals surface area contributed by atoms with E-state index in [1.54, 1.807) is 6.20 Å². The van der Waals surface area contributed by atoms with Crippen LogP contribution in [-0.4, -0.2) is 4.98 Å². The van der Waals surface area contributed by atoms with Crippen molar-refractivity contribution in [2.75, 3.05) is 0 Å². The third-order valence-electron chi connectivity index (χ3n) is 4.24. The highest BCUT2D eigenvalue weighted by molar-refractivity contribution is 9.10. The molecule has 0 fully saturated rings. The molecule has 120 valence electrons. The zero-order chi connectivity index (χ0) is 18.0. The van der Waals surface area contributed by atoms with Gasteiger partial charge in [0.25, 0.3) is 0 Å². The van der Waals surface area contributed by atoms with Crippen LogP contribution in [0.5, 0.6) is 0 Å².